The van der Waals surface area contributed by atoms with E-state index in [0.29, 0.717) is 12.6 Å². The highest BCUT2D eigenvalue weighted by atomic mass is 16.3. The summed E-state index contributed by atoms with van der Waals surface area (Å²) in [5, 5.41) is 14.9. The first-order valence-electron chi connectivity index (χ1n) is 8.19. The zero-order chi connectivity index (χ0) is 16.2. The van der Waals surface area contributed by atoms with Crippen LogP contribution in [0.1, 0.15) is 37.1 Å². The van der Waals surface area contributed by atoms with Crippen LogP contribution in [0.3, 0.4) is 0 Å². The van der Waals surface area contributed by atoms with Crippen molar-refractivity contribution in [3.8, 4) is 0 Å². The van der Waals surface area contributed by atoms with Crippen molar-refractivity contribution in [2.75, 3.05) is 6.54 Å². The van der Waals surface area contributed by atoms with Crippen LogP contribution < -0.4 is 5.32 Å². The molecular formula is C20H24N2O. The fourth-order valence-corrected chi connectivity index (χ4v) is 2.98. The van der Waals surface area contributed by atoms with Crippen molar-refractivity contribution in [2.24, 2.45) is 0 Å². The normalized spacial score (nSPS) is 12.9. The van der Waals surface area contributed by atoms with Gasteiger partial charge in [-0.05, 0) is 31.0 Å². The van der Waals surface area contributed by atoms with E-state index in [1.54, 1.807) is 0 Å². The molecule has 3 nitrogen and oxygen atoms in total. The number of nitrogens with one attached hydrogen (secondary N) is 1. The molecular weight excluding hydrogens is 284 g/mol. The van der Waals surface area contributed by atoms with Crippen molar-refractivity contribution in [3.05, 3.63) is 71.9 Å². The minimum Gasteiger partial charge on any atom is -0.387 e. The number of aliphatic hydroxyl groups is 1. The highest BCUT2D eigenvalue weighted by Gasteiger charge is 2.11. The van der Waals surface area contributed by atoms with E-state index < -0.39 is 6.10 Å². The molecule has 23 heavy (non-hydrogen) atoms. The van der Waals surface area contributed by atoms with Crippen LogP contribution >= 0.6 is 0 Å². The Morgan fingerprint density at radius 2 is 1.70 bits per heavy atom. The lowest BCUT2D eigenvalue weighted by Gasteiger charge is -2.12. The summed E-state index contributed by atoms with van der Waals surface area (Å²) in [6.07, 6.45) is 1.74. The first-order valence-corrected chi connectivity index (χ1v) is 8.19. The fraction of sp³-hybridized carbons (Fsp3) is 0.300. The van der Waals surface area contributed by atoms with Gasteiger partial charge in [-0.3, -0.25) is 0 Å². The molecule has 0 aliphatic rings. The predicted octanol–water partition coefficient (Wildman–Crippen LogP) is 4.05. The number of aliphatic hydroxyl groups excluding tert-OH is 1. The molecule has 0 radical (unpaired) electrons. The number of hydrogen-bond donors (Lipinski definition) is 2. The van der Waals surface area contributed by atoms with Crippen LogP contribution in [0.2, 0.25) is 0 Å². The molecule has 0 aliphatic carbocycles. The smallest absolute Gasteiger partial charge is 0.0914 e. The van der Waals surface area contributed by atoms with E-state index >= 15 is 0 Å². The molecule has 1 aromatic heterocycles. The van der Waals surface area contributed by atoms with E-state index in [2.05, 4.69) is 54.2 Å². The summed E-state index contributed by atoms with van der Waals surface area (Å²) in [5.41, 5.74) is 3.49. The summed E-state index contributed by atoms with van der Waals surface area (Å²) in [6.45, 7) is 5.70. The van der Waals surface area contributed by atoms with Crippen molar-refractivity contribution in [1.82, 2.24) is 9.88 Å². The maximum Gasteiger partial charge on any atom is 0.0914 e. The summed E-state index contributed by atoms with van der Waals surface area (Å²) in [6, 6.07) is 18.7. The summed E-state index contributed by atoms with van der Waals surface area (Å²) in [7, 11) is 0. The van der Waals surface area contributed by atoms with Gasteiger partial charge in [-0.1, -0.05) is 48.5 Å². The first-order chi connectivity index (χ1) is 11.2. The molecule has 1 atom stereocenters. The van der Waals surface area contributed by atoms with Crippen LogP contribution in [0.15, 0.2) is 60.8 Å². The average Bonchev–Trinajstić information content (AvgIpc) is 2.95. The summed E-state index contributed by atoms with van der Waals surface area (Å²) < 4.78 is 2.31. The molecule has 2 aromatic carbocycles. The van der Waals surface area contributed by atoms with Crippen molar-refractivity contribution < 1.29 is 5.11 Å². The maximum absolute atomic E-state index is 10.2. The average molecular weight is 308 g/mol. The lowest BCUT2D eigenvalue weighted by Crippen LogP contribution is -2.20. The third kappa shape index (κ3) is 3.46. The van der Waals surface area contributed by atoms with Crippen LogP contribution in [0.5, 0.6) is 0 Å². The highest BCUT2D eigenvalue weighted by molar-refractivity contribution is 5.84. The van der Waals surface area contributed by atoms with Crippen molar-refractivity contribution in [1.29, 1.82) is 0 Å². The maximum atomic E-state index is 10.2. The van der Waals surface area contributed by atoms with E-state index in [4.69, 9.17) is 0 Å². The van der Waals surface area contributed by atoms with Gasteiger partial charge in [0.25, 0.3) is 0 Å². The van der Waals surface area contributed by atoms with Gasteiger partial charge in [-0.2, -0.15) is 0 Å². The molecule has 0 saturated carbocycles. The van der Waals surface area contributed by atoms with Crippen LogP contribution in [-0.4, -0.2) is 16.2 Å². The van der Waals surface area contributed by atoms with E-state index in [1.807, 2.05) is 30.3 Å². The monoisotopic (exact) mass is 308 g/mol. The highest BCUT2D eigenvalue weighted by Crippen LogP contribution is 2.24. The number of fused-ring (bicyclic) bond motifs is 1. The standard InChI is InChI=1S/C20H24N2O/c1-15(2)22-14-17(18-10-6-7-11-19(18)22)12-21-13-20(23)16-8-4-3-5-9-16/h3-11,14-15,20-21,23H,12-13H2,1-2H3/t20-/m0/s1. The Bertz CT molecular complexity index is 762. The largest absolute Gasteiger partial charge is 0.387 e. The second-order valence-corrected chi connectivity index (χ2v) is 6.23. The predicted molar refractivity (Wildman–Crippen MR) is 95.4 cm³/mol. The number of rotatable bonds is 6. The van der Waals surface area contributed by atoms with Gasteiger partial charge in [-0.15, -0.1) is 0 Å². The quantitative estimate of drug-likeness (QED) is 0.721. The van der Waals surface area contributed by atoms with Gasteiger partial charge in [0.1, 0.15) is 0 Å². The van der Waals surface area contributed by atoms with Crippen LogP contribution in [0, 0.1) is 0 Å². The molecule has 120 valence electrons. The zero-order valence-electron chi connectivity index (χ0n) is 13.7. The van der Waals surface area contributed by atoms with Gasteiger partial charge in [0.15, 0.2) is 0 Å². The van der Waals surface area contributed by atoms with Crippen LogP contribution in [0.4, 0.5) is 0 Å². The Labute approximate surface area is 137 Å². The lowest BCUT2D eigenvalue weighted by atomic mass is 10.1. The molecule has 1 heterocycles. The lowest BCUT2D eigenvalue weighted by molar-refractivity contribution is 0.174. The molecule has 3 heteroatoms. The molecule has 0 bridgehead atoms. The van der Waals surface area contributed by atoms with Gasteiger partial charge in [-0.25, -0.2) is 0 Å². The molecule has 2 N–H and O–H groups in total. The molecule has 3 rings (SSSR count). The van der Waals surface area contributed by atoms with Crippen LogP contribution in [0.25, 0.3) is 10.9 Å². The Hall–Kier alpha value is -2.10. The molecule has 0 spiro atoms. The van der Waals surface area contributed by atoms with E-state index in [9.17, 15) is 5.11 Å². The second kappa shape index (κ2) is 6.99. The Balaban J connectivity index is 1.70. The van der Waals surface area contributed by atoms with Crippen molar-refractivity contribution >= 4 is 10.9 Å². The zero-order valence-corrected chi connectivity index (χ0v) is 13.7. The molecule has 0 unspecified atom stereocenters. The third-order valence-electron chi connectivity index (χ3n) is 4.22. The number of nitrogens with zero attached hydrogens (tertiary/aromatic N) is 1. The van der Waals surface area contributed by atoms with Crippen molar-refractivity contribution in [3.63, 3.8) is 0 Å². The van der Waals surface area contributed by atoms with Crippen molar-refractivity contribution in [2.45, 2.75) is 32.5 Å². The van der Waals surface area contributed by atoms with E-state index in [-0.39, 0.29) is 0 Å². The molecule has 3 aromatic rings. The van der Waals surface area contributed by atoms with Crippen LogP contribution in [-0.2, 0) is 6.54 Å². The number of para-hydroxylation sites is 1. The fourth-order valence-electron chi connectivity index (χ4n) is 2.98. The summed E-state index contributed by atoms with van der Waals surface area (Å²) >= 11 is 0. The van der Waals surface area contributed by atoms with Gasteiger partial charge in [0, 0.05) is 36.2 Å². The SMILES string of the molecule is CC(C)n1cc(CNC[C@H](O)c2ccccc2)c2ccccc21. The molecule has 0 amide bonds. The molecule has 0 aliphatic heterocycles. The van der Waals surface area contributed by atoms with E-state index in [1.165, 1.54) is 16.5 Å². The second-order valence-electron chi connectivity index (χ2n) is 6.23. The van der Waals surface area contributed by atoms with Gasteiger partial charge in [0.2, 0.25) is 0 Å². The number of aromatic nitrogens is 1. The Morgan fingerprint density at radius 3 is 2.43 bits per heavy atom. The van der Waals surface area contributed by atoms with Gasteiger partial charge < -0.3 is 15.0 Å². The number of hydrogen-bond acceptors (Lipinski definition) is 2. The molecule has 0 saturated heterocycles. The van der Waals surface area contributed by atoms with Gasteiger partial charge in [0.05, 0.1) is 6.10 Å². The minimum absolute atomic E-state index is 0.434. The summed E-state index contributed by atoms with van der Waals surface area (Å²) in [4.78, 5) is 0. The Kier molecular flexibility index (Phi) is 4.79. The topological polar surface area (TPSA) is 37.2 Å². The summed E-state index contributed by atoms with van der Waals surface area (Å²) in [5.74, 6) is 0. The Morgan fingerprint density at radius 1 is 1.00 bits per heavy atom. The van der Waals surface area contributed by atoms with E-state index in [0.717, 1.165) is 12.1 Å². The van der Waals surface area contributed by atoms with Gasteiger partial charge >= 0.3 is 0 Å². The minimum atomic E-state index is -0.477. The first kappa shape index (κ1) is 15.8. The number of benzene rings is 2. The molecule has 0 fully saturated rings. The third-order valence-corrected chi connectivity index (χ3v) is 4.22.